The number of nitrogens with one attached hydrogen (secondary N) is 1. The monoisotopic (exact) mass is 391 g/mol. The predicted octanol–water partition coefficient (Wildman–Crippen LogP) is 2.63. The van der Waals surface area contributed by atoms with Crippen LogP contribution in [0, 0.1) is 12.7 Å². The summed E-state index contributed by atoms with van der Waals surface area (Å²) in [4.78, 5) is 36.0. The number of carbonyl (C=O) groups excluding carboxylic acids is 2. The highest BCUT2D eigenvalue weighted by molar-refractivity contribution is 6.31. The van der Waals surface area contributed by atoms with Crippen molar-refractivity contribution in [3.8, 4) is 0 Å². The fraction of sp³-hybridized carbons (Fsp3) is 0.333. The van der Waals surface area contributed by atoms with Crippen LogP contribution in [0.4, 0.5) is 15.9 Å². The molecule has 0 saturated carbocycles. The fourth-order valence-corrected chi connectivity index (χ4v) is 3.03. The van der Waals surface area contributed by atoms with Gasteiger partial charge < -0.3 is 15.1 Å². The highest BCUT2D eigenvalue weighted by Gasteiger charge is 2.24. The molecule has 0 unspecified atom stereocenters. The zero-order valence-corrected chi connectivity index (χ0v) is 15.8. The molecule has 1 aliphatic rings. The standard InChI is InChI=1S/C18H19ClFN5O2/c1-11-21-16(18(27)25-7-5-24(6-8-25)12(2)26)10-17(22-11)23-13-3-4-15(20)14(19)9-13/h3-4,9-10H,5-8H2,1-2H3,(H,21,22,23). The van der Waals surface area contributed by atoms with Gasteiger partial charge in [-0.3, -0.25) is 9.59 Å². The minimum atomic E-state index is -0.512. The summed E-state index contributed by atoms with van der Waals surface area (Å²) in [5.74, 6) is 0.116. The molecule has 0 radical (unpaired) electrons. The normalized spacial score (nSPS) is 14.2. The average molecular weight is 392 g/mol. The van der Waals surface area contributed by atoms with E-state index in [2.05, 4.69) is 15.3 Å². The summed E-state index contributed by atoms with van der Waals surface area (Å²) in [6.07, 6.45) is 0. The van der Waals surface area contributed by atoms with Crippen molar-refractivity contribution < 1.29 is 14.0 Å². The predicted molar refractivity (Wildman–Crippen MR) is 99.6 cm³/mol. The van der Waals surface area contributed by atoms with Crippen molar-refractivity contribution in [2.75, 3.05) is 31.5 Å². The van der Waals surface area contributed by atoms with Crippen molar-refractivity contribution in [1.29, 1.82) is 0 Å². The minimum absolute atomic E-state index is 0.00410. The van der Waals surface area contributed by atoms with Crippen molar-refractivity contribution in [1.82, 2.24) is 19.8 Å². The first-order valence-electron chi connectivity index (χ1n) is 8.46. The van der Waals surface area contributed by atoms with Crippen LogP contribution in [-0.2, 0) is 4.79 Å². The molecule has 0 bridgehead atoms. The second kappa shape index (κ2) is 7.87. The van der Waals surface area contributed by atoms with Gasteiger partial charge in [0.15, 0.2) is 0 Å². The maximum absolute atomic E-state index is 13.3. The lowest BCUT2D eigenvalue weighted by Gasteiger charge is -2.34. The molecule has 2 amide bonds. The van der Waals surface area contributed by atoms with E-state index in [0.717, 1.165) is 0 Å². The number of piperazine rings is 1. The van der Waals surface area contributed by atoms with Gasteiger partial charge in [-0.05, 0) is 25.1 Å². The van der Waals surface area contributed by atoms with Crippen LogP contribution in [0.5, 0.6) is 0 Å². The van der Waals surface area contributed by atoms with Crippen LogP contribution < -0.4 is 5.32 Å². The summed E-state index contributed by atoms with van der Waals surface area (Å²) in [7, 11) is 0. The Labute approximate surface area is 161 Å². The van der Waals surface area contributed by atoms with Gasteiger partial charge >= 0.3 is 0 Å². The van der Waals surface area contributed by atoms with Gasteiger partial charge in [0.1, 0.15) is 23.2 Å². The second-order valence-corrected chi connectivity index (χ2v) is 6.64. The zero-order chi connectivity index (χ0) is 19.6. The molecule has 27 heavy (non-hydrogen) atoms. The number of halogens is 2. The molecular weight excluding hydrogens is 373 g/mol. The Bertz CT molecular complexity index is 884. The highest BCUT2D eigenvalue weighted by Crippen LogP contribution is 2.22. The van der Waals surface area contributed by atoms with Crippen LogP contribution in [-0.4, -0.2) is 57.8 Å². The number of aryl methyl sites for hydroxylation is 1. The molecule has 2 heterocycles. The Balaban J connectivity index is 1.75. The Morgan fingerprint density at radius 1 is 1.11 bits per heavy atom. The summed E-state index contributed by atoms with van der Waals surface area (Å²) in [5, 5.41) is 3.00. The molecule has 7 nitrogen and oxygen atoms in total. The Morgan fingerprint density at radius 2 is 1.78 bits per heavy atom. The molecule has 1 aromatic heterocycles. The number of rotatable bonds is 3. The number of hydrogen-bond donors (Lipinski definition) is 1. The molecule has 1 aromatic carbocycles. The molecule has 0 aliphatic carbocycles. The Hall–Kier alpha value is -2.74. The molecule has 0 spiro atoms. The summed E-state index contributed by atoms with van der Waals surface area (Å²) >= 11 is 5.79. The van der Waals surface area contributed by atoms with Gasteiger partial charge in [-0.15, -0.1) is 0 Å². The van der Waals surface area contributed by atoms with E-state index in [1.54, 1.807) is 22.8 Å². The first-order chi connectivity index (χ1) is 12.8. The van der Waals surface area contributed by atoms with E-state index < -0.39 is 5.82 Å². The maximum Gasteiger partial charge on any atom is 0.272 e. The van der Waals surface area contributed by atoms with Crippen LogP contribution in [0.15, 0.2) is 24.3 Å². The Kier molecular flexibility index (Phi) is 5.55. The molecule has 2 aromatic rings. The van der Waals surface area contributed by atoms with Crippen molar-refractivity contribution in [3.05, 3.63) is 46.6 Å². The molecule has 1 N–H and O–H groups in total. The van der Waals surface area contributed by atoms with E-state index in [-0.39, 0.29) is 22.5 Å². The lowest BCUT2D eigenvalue weighted by molar-refractivity contribution is -0.130. The first-order valence-corrected chi connectivity index (χ1v) is 8.84. The van der Waals surface area contributed by atoms with Crippen LogP contribution in [0.1, 0.15) is 23.2 Å². The largest absolute Gasteiger partial charge is 0.340 e. The number of nitrogens with zero attached hydrogens (tertiary/aromatic N) is 4. The fourth-order valence-electron chi connectivity index (χ4n) is 2.85. The quantitative estimate of drug-likeness (QED) is 0.870. The third-order valence-corrected chi connectivity index (χ3v) is 4.55. The molecule has 142 valence electrons. The summed E-state index contributed by atoms with van der Waals surface area (Å²) in [5.41, 5.74) is 0.808. The van der Waals surface area contributed by atoms with Gasteiger partial charge in [0.2, 0.25) is 5.91 Å². The van der Waals surface area contributed by atoms with E-state index in [1.165, 1.54) is 25.1 Å². The van der Waals surface area contributed by atoms with Crippen molar-refractivity contribution >= 4 is 34.9 Å². The number of aromatic nitrogens is 2. The number of hydrogen-bond acceptors (Lipinski definition) is 5. The molecule has 3 rings (SSSR count). The van der Waals surface area contributed by atoms with E-state index in [9.17, 15) is 14.0 Å². The summed E-state index contributed by atoms with van der Waals surface area (Å²) in [6, 6.07) is 5.77. The Morgan fingerprint density at radius 3 is 2.41 bits per heavy atom. The smallest absolute Gasteiger partial charge is 0.272 e. The molecule has 1 fully saturated rings. The number of anilines is 2. The van der Waals surface area contributed by atoms with Crippen LogP contribution in [0.3, 0.4) is 0 Å². The third-order valence-electron chi connectivity index (χ3n) is 4.26. The van der Waals surface area contributed by atoms with Crippen molar-refractivity contribution in [2.24, 2.45) is 0 Å². The van der Waals surface area contributed by atoms with Gasteiger partial charge in [0.05, 0.1) is 5.02 Å². The van der Waals surface area contributed by atoms with Gasteiger partial charge in [-0.2, -0.15) is 0 Å². The molecule has 1 aliphatic heterocycles. The van der Waals surface area contributed by atoms with E-state index in [1.807, 2.05) is 0 Å². The SMILES string of the molecule is CC(=O)N1CCN(C(=O)c2cc(Nc3ccc(F)c(Cl)c3)nc(C)n2)CC1. The summed E-state index contributed by atoms with van der Waals surface area (Å²) < 4.78 is 13.3. The van der Waals surface area contributed by atoms with Gasteiger partial charge in [0, 0.05) is 44.9 Å². The van der Waals surface area contributed by atoms with E-state index >= 15 is 0 Å². The second-order valence-electron chi connectivity index (χ2n) is 6.24. The van der Waals surface area contributed by atoms with Gasteiger partial charge in [0.25, 0.3) is 5.91 Å². The number of benzene rings is 1. The average Bonchev–Trinajstić information content (AvgIpc) is 2.64. The van der Waals surface area contributed by atoms with E-state index in [4.69, 9.17) is 11.6 Å². The third kappa shape index (κ3) is 4.51. The lowest BCUT2D eigenvalue weighted by Crippen LogP contribution is -2.50. The topological polar surface area (TPSA) is 78.4 Å². The minimum Gasteiger partial charge on any atom is -0.340 e. The first kappa shape index (κ1) is 19.0. The number of carbonyl (C=O) groups is 2. The number of amides is 2. The van der Waals surface area contributed by atoms with E-state index in [0.29, 0.717) is 43.5 Å². The zero-order valence-electron chi connectivity index (χ0n) is 15.0. The molecule has 0 atom stereocenters. The summed E-state index contributed by atoms with van der Waals surface area (Å²) in [6.45, 7) is 5.13. The van der Waals surface area contributed by atoms with Gasteiger partial charge in [-0.1, -0.05) is 11.6 Å². The van der Waals surface area contributed by atoms with Gasteiger partial charge in [-0.25, -0.2) is 14.4 Å². The van der Waals surface area contributed by atoms with Crippen LogP contribution >= 0.6 is 11.6 Å². The maximum atomic E-state index is 13.3. The molecular formula is C18H19ClFN5O2. The van der Waals surface area contributed by atoms with Crippen LogP contribution in [0.2, 0.25) is 5.02 Å². The van der Waals surface area contributed by atoms with Crippen molar-refractivity contribution in [2.45, 2.75) is 13.8 Å². The van der Waals surface area contributed by atoms with Crippen LogP contribution in [0.25, 0.3) is 0 Å². The lowest BCUT2D eigenvalue weighted by atomic mass is 10.2. The highest BCUT2D eigenvalue weighted by atomic mass is 35.5. The molecule has 9 heteroatoms. The van der Waals surface area contributed by atoms with Crippen molar-refractivity contribution in [3.63, 3.8) is 0 Å². The molecule has 1 saturated heterocycles.